The number of H-pyrrole nitrogens is 1. The first-order chi connectivity index (χ1) is 19.2. The number of rotatable bonds is 5. The maximum Gasteiger partial charge on any atom is 0.335 e. The molecule has 3 amide bonds. The van der Waals surface area contributed by atoms with Crippen molar-refractivity contribution in [2.75, 3.05) is 11.5 Å². The molecular formula is C30H24F2N4O4. The minimum Gasteiger partial charge on any atom is -0.396 e. The number of benzene rings is 3. The number of hydrogen-bond donors (Lipinski definition) is 4. The zero-order valence-corrected chi connectivity index (χ0v) is 21.3. The van der Waals surface area contributed by atoms with E-state index in [1.807, 2.05) is 12.1 Å². The highest BCUT2D eigenvalue weighted by Gasteiger charge is 2.37. The van der Waals surface area contributed by atoms with Crippen molar-refractivity contribution in [2.45, 2.75) is 19.6 Å². The second kappa shape index (κ2) is 9.44. The van der Waals surface area contributed by atoms with Gasteiger partial charge < -0.3 is 20.9 Å². The number of aliphatic hydroxyl groups excluding tert-OH is 2. The molecule has 202 valence electrons. The SMILES string of the molecule is Cc1c(-c2c(F)cc(C(N)=O)c3[nH]c4cc(CCO)ccc4c23)cccc1N1C(=O)N2C=CC=C(F)C2=CC1O. The van der Waals surface area contributed by atoms with Gasteiger partial charge in [-0.05, 0) is 66.5 Å². The predicted molar refractivity (Wildman–Crippen MR) is 147 cm³/mol. The van der Waals surface area contributed by atoms with Gasteiger partial charge in [0.05, 0.1) is 22.5 Å². The predicted octanol–water partition coefficient (Wildman–Crippen LogP) is 4.89. The molecule has 3 aromatic carbocycles. The van der Waals surface area contributed by atoms with Crippen molar-refractivity contribution in [1.82, 2.24) is 9.88 Å². The number of nitrogens with zero attached hydrogens (tertiary/aromatic N) is 2. The summed E-state index contributed by atoms with van der Waals surface area (Å²) in [6.07, 6.45) is 4.16. The zero-order valence-electron chi connectivity index (χ0n) is 21.3. The molecule has 0 spiro atoms. The van der Waals surface area contributed by atoms with E-state index in [0.717, 1.165) is 21.4 Å². The summed E-state index contributed by atoms with van der Waals surface area (Å²) in [5.41, 5.74) is 8.75. The van der Waals surface area contributed by atoms with Crippen LogP contribution in [0, 0.1) is 12.7 Å². The van der Waals surface area contributed by atoms with Crippen molar-refractivity contribution in [1.29, 1.82) is 0 Å². The number of hydrogen-bond acceptors (Lipinski definition) is 4. The highest BCUT2D eigenvalue weighted by atomic mass is 19.1. The molecule has 0 fully saturated rings. The number of fused-ring (bicyclic) bond motifs is 4. The standard InChI is InChI=1S/C30H24F2N4O4/c1-15-17(4-2-6-23(15)36-25(38)14-24-20(31)5-3-10-35(24)30(36)40)26-21(32)13-19(29(33)39)28-27(26)18-8-7-16(9-11-37)12-22(18)34-28/h2-8,10,12-14,25,34,37-38H,9,11H2,1H3,(H2,33,39). The van der Waals surface area contributed by atoms with Gasteiger partial charge in [-0.2, -0.15) is 0 Å². The maximum atomic E-state index is 15.9. The number of halogens is 2. The van der Waals surface area contributed by atoms with E-state index in [1.54, 1.807) is 31.2 Å². The Morgan fingerprint density at radius 1 is 1.18 bits per heavy atom. The summed E-state index contributed by atoms with van der Waals surface area (Å²) < 4.78 is 30.3. The second-order valence-electron chi connectivity index (χ2n) is 9.67. The lowest BCUT2D eigenvalue weighted by Gasteiger charge is -2.38. The van der Waals surface area contributed by atoms with Crippen LogP contribution < -0.4 is 10.6 Å². The van der Waals surface area contributed by atoms with E-state index in [2.05, 4.69) is 4.98 Å². The van der Waals surface area contributed by atoms with Gasteiger partial charge in [0.15, 0.2) is 6.23 Å². The fourth-order valence-electron chi connectivity index (χ4n) is 5.51. The van der Waals surface area contributed by atoms with E-state index in [-0.39, 0.29) is 23.4 Å². The minimum atomic E-state index is -1.47. The molecule has 6 rings (SSSR count). The van der Waals surface area contributed by atoms with Crippen molar-refractivity contribution in [3.63, 3.8) is 0 Å². The number of urea groups is 1. The average Bonchev–Trinajstić information content (AvgIpc) is 3.29. The molecule has 0 bridgehead atoms. The monoisotopic (exact) mass is 542 g/mol. The Morgan fingerprint density at radius 3 is 2.73 bits per heavy atom. The van der Waals surface area contributed by atoms with Gasteiger partial charge in [-0.1, -0.05) is 24.3 Å². The number of amides is 3. The van der Waals surface area contributed by atoms with E-state index in [9.17, 15) is 24.2 Å². The molecule has 1 unspecified atom stereocenters. The highest BCUT2D eigenvalue weighted by Crippen LogP contribution is 2.42. The van der Waals surface area contributed by atoms with Crippen LogP contribution in [0.3, 0.4) is 0 Å². The van der Waals surface area contributed by atoms with E-state index in [0.29, 0.717) is 45.0 Å². The largest absolute Gasteiger partial charge is 0.396 e. The van der Waals surface area contributed by atoms with Gasteiger partial charge >= 0.3 is 6.03 Å². The molecule has 0 aliphatic carbocycles. The molecule has 5 N–H and O–H groups in total. The molecule has 0 radical (unpaired) electrons. The van der Waals surface area contributed by atoms with Crippen LogP contribution in [0.5, 0.6) is 0 Å². The second-order valence-corrected chi connectivity index (χ2v) is 9.67. The number of nitrogens with one attached hydrogen (secondary N) is 1. The number of anilines is 1. The molecule has 3 heterocycles. The van der Waals surface area contributed by atoms with Crippen molar-refractivity contribution in [2.24, 2.45) is 5.73 Å². The van der Waals surface area contributed by atoms with Crippen LogP contribution in [-0.4, -0.2) is 44.9 Å². The first kappa shape index (κ1) is 25.5. The molecule has 4 aromatic rings. The smallest absolute Gasteiger partial charge is 0.335 e. The number of aliphatic hydroxyl groups is 2. The summed E-state index contributed by atoms with van der Waals surface area (Å²) in [4.78, 5) is 31.1. The van der Waals surface area contributed by atoms with Crippen LogP contribution in [-0.2, 0) is 6.42 Å². The third-order valence-electron chi connectivity index (χ3n) is 7.36. The summed E-state index contributed by atoms with van der Waals surface area (Å²) in [6, 6.07) is 10.8. The van der Waals surface area contributed by atoms with E-state index in [4.69, 9.17) is 5.73 Å². The van der Waals surface area contributed by atoms with Crippen LogP contribution in [0.15, 0.2) is 78.4 Å². The van der Waals surface area contributed by atoms with Gasteiger partial charge in [0.2, 0.25) is 0 Å². The summed E-state index contributed by atoms with van der Waals surface area (Å²) in [6.45, 7) is 1.65. The Balaban J connectivity index is 1.58. The summed E-state index contributed by atoms with van der Waals surface area (Å²) in [5, 5.41) is 21.3. The summed E-state index contributed by atoms with van der Waals surface area (Å²) in [7, 11) is 0. The number of carbonyl (C=O) groups excluding carboxylic acids is 2. The Hall–Kier alpha value is -4.80. The first-order valence-corrected chi connectivity index (χ1v) is 12.6. The first-order valence-electron chi connectivity index (χ1n) is 12.6. The molecule has 0 saturated heterocycles. The van der Waals surface area contributed by atoms with Gasteiger partial charge in [-0.25, -0.2) is 13.6 Å². The number of carbonyl (C=O) groups is 2. The van der Waals surface area contributed by atoms with Gasteiger partial charge in [-0.15, -0.1) is 0 Å². The normalized spacial score (nSPS) is 16.9. The van der Waals surface area contributed by atoms with Crippen LogP contribution in [0.4, 0.5) is 19.3 Å². The summed E-state index contributed by atoms with van der Waals surface area (Å²) in [5.74, 6) is -2.15. The fraction of sp³-hybridized carbons (Fsp3) is 0.133. The highest BCUT2D eigenvalue weighted by molar-refractivity contribution is 6.20. The van der Waals surface area contributed by atoms with E-state index >= 15 is 4.39 Å². The topological polar surface area (TPSA) is 123 Å². The van der Waals surface area contributed by atoms with Gasteiger partial charge in [0, 0.05) is 34.7 Å². The Bertz CT molecular complexity index is 1840. The Morgan fingerprint density at radius 2 is 1.98 bits per heavy atom. The lowest BCUT2D eigenvalue weighted by atomic mass is 9.92. The summed E-state index contributed by atoms with van der Waals surface area (Å²) >= 11 is 0. The zero-order chi connectivity index (χ0) is 28.3. The van der Waals surface area contributed by atoms with Crippen molar-refractivity contribution >= 4 is 39.4 Å². The number of nitrogens with two attached hydrogens (primary N) is 1. The molecule has 0 saturated carbocycles. The molecular weight excluding hydrogens is 518 g/mol. The van der Waals surface area contributed by atoms with Crippen LogP contribution >= 0.6 is 0 Å². The Kier molecular flexibility index (Phi) is 6.01. The van der Waals surface area contributed by atoms with Crippen LogP contribution in [0.25, 0.3) is 32.9 Å². The minimum absolute atomic E-state index is 0.0174. The lowest BCUT2D eigenvalue weighted by molar-refractivity contribution is 0.100. The average molecular weight is 543 g/mol. The van der Waals surface area contributed by atoms with E-state index < -0.39 is 29.8 Å². The quantitative estimate of drug-likeness (QED) is 0.287. The number of allylic oxidation sites excluding steroid dienone is 3. The molecule has 2 aliphatic rings. The molecule has 10 heteroatoms. The third-order valence-corrected chi connectivity index (χ3v) is 7.36. The molecule has 1 aromatic heterocycles. The maximum absolute atomic E-state index is 15.9. The Labute approximate surface area is 226 Å². The van der Waals surface area contributed by atoms with Crippen LogP contribution in [0.1, 0.15) is 21.5 Å². The van der Waals surface area contributed by atoms with Crippen molar-refractivity contribution < 1.29 is 28.6 Å². The molecule has 2 aliphatic heterocycles. The molecule has 1 atom stereocenters. The van der Waals surface area contributed by atoms with Crippen molar-refractivity contribution in [3.8, 4) is 11.1 Å². The third kappa shape index (κ3) is 3.80. The lowest BCUT2D eigenvalue weighted by Crippen LogP contribution is -2.50. The van der Waals surface area contributed by atoms with Gasteiger partial charge in [0.1, 0.15) is 11.6 Å². The number of primary amides is 1. The van der Waals surface area contributed by atoms with Gasteiger partial charge in [0.25, 0.3) is 5.91 Å². The van der Waals surface area contributed by atoms with Gasteiger partial charge in [-0.3, -0.25) is 14.6 Å². The van der Waals surface area contributed by atoms with Crippen molar-refractivity contribution in [3.05, 3.63) is 101 Å². The molecule has 8 nitrogen and oxygen atoms in total. The van der Waals surface area contributed by atoms with E-state index in [1.165, 1.54) is 24.4 Å². The molecule has 40 heavy (non-hydrogen) atoms. The van der Waals surface area contributed by atoms with Crippen LogP contribution in [0.2, 0.25) is 0 Å². The number of aromatic nitrogens is 1. The number of aromatic amines is 1. The fourth-order valence-corrected chi connectivity index (χ4v) is 5.51.